The molecule has 2 saturated carbocycles. The van der Waals surface area contributed by atoms with E-state index in [1.165, 1.54) is 127 Å². The lowest BCUT2D eigenvalue weighted by Crippen LogP contribution is -2.46. The molecule has 2 nitrogen and oxygen atoms in total. The van der Waals surface area contributed by atoms with Crippen LogP contribution < -0.4 is 9.80 Å². The van der Waals surface area contributed by atoms with Crippen LogP contribution in [0, 0.1) is 11.8 Å². The van der Waals surface area contributed by atoms with E-state index >= 15 is 0 Å². The summed E-state index contributed by atoms with van der Waals surface area (Å²) >= 11 is 0. The number of hydrogen-bond acceptors (Lipinski definition) is 2. The molecule has 2 heterocycles. The highest BCUT2D eigenvalue weighted by Crippen LogP contribution is 2.60. The van der Waals surface area contributed by atoms with E-state index in [-0.39, 0.29) is 11.1 Å². The fourth-order valence-corrected chi connectivity index (χ4v) is 12.7. The highest BCUT2D eigenvalue weighted by Gasteiger charge is 2.52. The van der Waals surface area contributed by atoms with Crippen LogP contribution in [0.4, 0.5) is 22.7 Å². The van der Waals surface area contributed by atoms with E-state index in [1.807, 2.05) is 0 Å². The molecule has 0 spiro atoms. The lowest BCUT2D eigenvalue weighted by Gasteiger charge is -2.45. The molecule has 6 atom stereocenters. The van der Waals surface area contributed by atoms with Gasteiger partial charge in [-0.05, 0) is 178 Å². The Morgan fingerprint density at radius 1 is 0.466 bits per heavy atom. The lowest BCUT2D eigenvalue weighted by molar-refractivity contribution is 0.237. The van der Waals surface area contributed by atoms with Crippen LogP contribution in [0.3, 0.4) is 0 Å². The van der Waals surface area contributed by atoms with Crippen molar-refractivity contribution in [1.82, 2.24) is 0 Å². The minimum Gasteiger partial charge on any atom is -0.335 e. The van der Waals surface area contributed by atoms with Gasteiger partial charge in [0.25, 0.3) is 0 Å². The Kier molecular flexibility index (Phi) is 7.39. The molecule has 8 aromatic rings. The van der Waals surface area contributed by atoms with Crippen molar-refractivity contribution in [2.45, 2.75) is 89.1 Å². The summed E-state index contributed by atoms with van der Waals surface area (Å²) in [7, 11) is 0. The number of fused-ring (bicyclic) bond motifs is 6. The molecule has 0 N–H and O–H groups in total. The molecule has 4 aliphatic rings. The molecular weight excluding hydrogens is 701 g/mol. The molecule has 0 aromatic heterocycles. The average Bonchev–Trinajstić information content (AvgIpc) is 3.66. The second kappa shape index (κ2) is 12.5. The molecule has 12 rings (SSSR count). The molecule has 2 fully saturated rings. The maximum atomic E-state index is 2.68. The summed E-state index contributed by atoms with van der Waals surface area (Å²) in [6, 6.07) is 56.1. The average molecular weight is 753 g/mol. The van der Waals surface area contributed by atoms with Gasteiger partial charge in [-0.15, -0.1) is 0 Å². The quantitative estimate of drug-likeness (QED) is 0.165. The SMILES string of the molecule is CC1CCC2(C)C(C1)c1cc(-c3ccc4ccc5c(-c6ccc7c(c6)C6CC(C)CCC6(C)N7c6ccccc6)ccc6ccc3c4c65)ccc1N2c1ccccc1. The third-order valence-corrected chi connectivity index (χ3v) is 15.7. The van der Waals surface area contributed by atoms with Crippen LogP contribution in [0.5, 0.6) is 0 Å². The summed E-state index contributed by atoms with van der Waals surface area (Å²) in [5.41, 5.74) is 14.0. The number of rotatable bonds is 4. The van der Waals surface area contributed by atoms with Crippen molar-refractivity contribution in [3.63, 3.8) is 0 Å². The third-order valence-electron chi connectivity index (χ3n) is 15.7. The number of para-hydroxylation sites is 2. The van der Waals surface area contributed by atoms with Gasteiger partial charge < -0.3 is 9.80 Å². The molecule has 2 aliphatic carbocycles. The third kappa shape index (κ3) is 4.78. The van der Waals surface area contributed by atoms with Crippen molar-refractivity contribution in [3.8, 4) is 22.3 Å². The first-order chi connectivity index (χ1) is 28.3. The van der Waals surface area contributed by atoms with Crippen LogP contribution in [0.1, 0.15) is 89.2 Å². The maximum Gasteiger partial charge on any atom is 0.0492 e. The van der Waals surface area contributed by atoms with Crippen LogP contribution in [0.25, 0.3) is 54.6 Å². The smallest absolute Gasteiger partial charge is 0.0492 e. The molecule has 2 aliphatic heterocycles. The molecule has 0 radical (unpaired) electrons. The van der Waals surface area contributed by atoms with Crippen molar-refractivity contribution in [2.75, 3.05) is 9.80 Å². The van der Waals surface area contributed by atoms with Crippen LogP contribution in [-0.2, 0) is 0 Å². The summed E-state index contributed by atoms with van der Waals surface area (Å²) < 4.78 is 0. The van der Waals surface area contributed by atoms with E-state index in [1.54, 1.807) is 0 Å². The molecule has 2 heteroatoms. The normalized spacial score (nSPS) is 26.3. The number of benzene rings is 8. The molecule has 0 saturated heterocycles. The molecular formula is C56H52N2. The minimum absolute atomic E-state index is 0.0825. The lowest BCUT2D eigenvalue weighted by atomic mass is 9.69. The topological polar surface area (TPSA) is 6.48 Å². The van der Waals surface area contributed by atoms with Crippen molar-refractivity contribution < 1.29 is 0 Å². The standard InChI is InChI=1S/C56H52N2/c1-35-27-29-55(3)49(31-35)47-33-39(19-25-51(47)57(55)41-11-7-5-8-12-41)43-21-15-37-18-24-46-44(22-16-38-17-23-45(43)53(37)54(38)46)40-20-26-52-48(34-40)50-32-36(2)28-30-56(50,4)58(52)42-13-9-6-10-14-42/h5-26,33-36,49-50H,27-32H2,1-4H3. The van der Waals surface area contributed by atoms with Crippen molar-refractivity contribution >= 4 is 55.1 Å². The molecule has 0 amide bonds. The monoisotopic (exact) mass is 752 g/mol. The van der Waals surface area contributed by atoms with Gasteiger partial charge in [0.2, 0.25) is 0 Å². The van der Waals surface area contributed by atoms with Crippen LogP contribution in [-0.4, -0.2) is 11.1 Å². The summed E-state index contributed by atoms with van der Waals surface area (Å²) in [5.74, 6) is 2.49. The van der Waals surface area contributed by atoms with Crippen LogP contribution in [0.15, 0.2) is 146 Å². The zero-order valence-electron chi connectivity index (χ0n) is 34.3. The zero-order chi connectivity index (χ0) is 38.9. The minimum atomic E-state index is 0.0825. The predicted octanol–water partition coefficient (Wildman–Crippen LogP) is 15.5. The Labute approximate surface area is 343 Å². The van der Waals surface area contributed by atoms with Gasteiger partial charge in [-0.1, -0.05) is 111 Å². The van der Waals surface area contributed by atoms with E-state index in [9.17, 15) is 0 Å². The first-order valence-corrected chi connectivity index (χ1v) is 22.0. The molecule has 6 unspecified atom stereocenters. The summed E-state index contributed by atoms with van der Waals surface area (Å²) in [6.45, 7) is 9.97. The summed E-state index contributed by atoms with van der Waals surface area (Å²) in [6.07, 6.45) is 7.48. The van der Waals surface area contributed by atoms with Gasteiger partial charge in [0.05, 0.1) is 0 Å². The Morgan fingerprint density at radius 2 is 0.879 bits per heavy atom. The summed E-state index contributed by atoms with van der Waals surface area (Å²) in [4.78, 5) is 5.36. The van der Waals surface area contributed by atoms with E-state index in [4.69, 9.17) is 0 Å². The molecule has 8 aromatic carbocycles. The van der Waals surface area contributed by atoms with Crippen LogP contribution >= 0.6 is 0 Å². The van der Waals surface area contributed by atoms with Gasteiger partial charge in [-0.25, -0.2) is 0 Å². The Balaban J connectivity index is 0.999. The second-order valence-electron chi connectivity index (χ2n) is 19.1. The van der Waals surface area contributed by atoms with E-state index in [2.05, 4.69) is 183 Å². The van der Waals surface area contributed by atoms with Gasteiger partial charge in [-0.3, -0.25) is 0 Å². The van der Waals surface area contributed by atoms with E-state index in [0.717, 1.165) is 11.8 Å². The largest absolute Gasteiger partial charge is 0.335 e. The van der Waals surface area contributed by atoms with E-state index < -0.39 is 0 Å². The molecule has 0 bridgehead atoms. The fraction of sp³-hybridized carbons (Fsp3) is 0.286. The number of nitrogens with zero attached hydrogens (tertiary/aromatic N) is 2. The zero-order valence-corrected chi connectivity index (χ0v) is 34.3. The van der Waals surface area contributed by atoms with Crippen molar-refractivity contribution in [2.24, 2.45) is 11.8 Å². The maximum absolute atomic E-state index is 2.68. The van der Waals surface area contributed by atoms with Gasteiger partial charge in [0.1, 0.15) is 0 Å². The van der Waals surface area contributed by atoms with E-state index in [0.29, 0.717) is 11.8 Å². The first kappa shape index (κ1) is 34.4. The Bertz CT molecular complexity index is 2700. The van der Waals surface area contributed by atoms with Crippen molar-refractivity contribution in [1.29, 1.82) is 0 Å². The van der Waals surface area contributed by atoms with Crippen LogP contribution in [0.2, 0.25) is 0 Å². The second-order valence-corrected chi connectivity index (χ2v) is 19.1. The first-order valence-electron chi connectivity index (χ1n) is 22.0. The fourth-order valence-electron chi connectivity index (χ4n) is 12.7. The van der Waals surface area contributed by atoms with Gasteiger partial charge >= 0.3 is 0 Å². The van der Waals surface area contributed by atoms with Crippen molar-refractivity contribution in [3.05, 3.63) is 157 Å². The highest BCUT2D eigenvalue weighted by molar-refractivity contribution is 6.27. The van der Waals surface area contributed by atoms with Gasteiger partial charge in [0, 0.05) is 45.7 Å². The number of anilines is 4. The predicted molar refractivity (Wildman–Crippen MR) is 247 cm³/mol. The Hall–Kier alpha value is -5.60. The Morgan fingerprint density at radius 3 is 1.31 bits per heavy atom. The van der Waals surface area contributed by atoms with Gasteiger partial charge in [0.15, 0.2) is 0 Å². The summed E-state index contributed by atoms with van der Waals surface area (Å²) in [5, 5.41) is 8.12. The number of hydrogen-bond donors (Lipinski definition) is 0. The highest BCUT2D eigenvalue weighted by atomic mass is 15.2. The molecule has 286 valence electrons. The van der Waals surface area contributed by atoms with Gasteiger partial charge in [-0.2, -0.15) is 0 Å². The molecule has 58 heavy (non-hydrogen) atoms.